The van der Waals surface area contributed by atoms with Crippen molar-refractivity contribution in [3.05, 3.63) is 27.8 Å². The lowest BCUT2D eigenvalue weighted by molar-refractivity contribution is -0.385. The number of carbonyl (C=O) groups is 1. The molecule has 0 aromatic heterocycles. The van der Waals surface area contributed by atoms with Crippen LogP contribution in [0.15, 0.2) is 17.0 Å². The normalized spacial score (nSPS) is 22.1. The molecule has 2 unspecified atom stereocenters. The van der Waals surface area contributed by atoms with Crippen molar-refractivity contribution in [1.29, 1.82) is 0 Å². The van der Waals surface area contributed by atoms with E-state index in [0.29, 0.717) is 5.75 Å². The third kappa shape index (κ3) is 3.70. The number of ether oxygens (including phenoxy) is 1. The summed E-state index contributed by atoms with van der Waals surface area (Å²) in [6.07, 6.45) is 4.67. The Hall–Kier alpha value is -1.51. The predicted octanol–water partition coefficient (Wildman–Crippen LogP) is 2.71. The maximum atomic E-state index is 13.2. The molecule has 0 saturated carbocycles. The molecule has 0 aliphatic carbocycles. The molecule has 2 heterocycles. The molecule has 1 amide bonds. The van der Waals surface area contributed by atoms with Crippen molar-refractivity contribution in [2.45, 2.75) is 36.2 Å². The summed E-state index contributed by atoms with van der Waals surface area (Å²) in [7, 11) is 1.47. The van der Waals surface area contributed by atoms with Crippen LogP contribution in [0.25, 0.3) is 0 Å². The van der Waals surface area contributed by atoms with Gasteiger partial charge >= 0.3 is 0 Å². The molecule has 1 N–H and O–H groups in total. The molecule has 2 fully saturated rings. The minimum absolute atomic E-state index is 0. The Morgan fingerprint density at radius 3 is 2.72 bits per heavy atom. The molecule has 1 aromatic carbocycles. The third-order valence-corrected chi connectivity index (χ3v) is 5.58. The Morgan fingerprint density at radius 1 is 1.36 bits per heavy atom. The van der Waals surface area contributed by atoms with Crippen LogP contribution < -0.4 is 10.1 Å². The fourth-order valence-electron chi connectivity index (χ4n) is 3.64. The van der Waals surface area contributed by atoms with E-state index < -0.39 is 4.92 Å². The smallest absolute Gasteiger partial charge is 0.285 e. The average Bonchev–Trinajstić information content (AvgIpc) is 2.85. The van der Waals surface area contributed by atoms with E-state index in [2.05, 4.69) is 5.32 Å². The second-order valence-corrected chi connectivity index (χ2v) is 6.92. The number of nitro benzene ring substituents is 1. The molecule has 3 rings (SSSR count). The van der Waals surface area contributed by atoms with Crippen molar-refractivity contribution in [3.8, 4) is 5.75 Å². The van der Waals surface area contributed by atoms with Gasteiger partial charge in [-0.1, -0.05) is 0 Å². The number of amides is 1. The number of nitro groups is 1. The number of rotatable bonds is 4. The van der Waals surface area contributed by atoms with Crippen LogP contribution >= 0.6 is 24.2 Å². The zero-order chi connectivity index (χ0) is 17.3. The number of hydrogen-bond acceptors (Lipinski definition) is 6. The second kappa shape index (κ2) is 8.25. The number of carbonyl (C=O) groups excluding carboxylic acids is 1. The van der Waals surface area contributed by atoms with Crippen LogP contribution in [0.5, 0.6) is 5.75 Å². The molecule has 2 aliphatic heterocycles. The number of benzene rings is 1. The Balaban J connectivity index is 0.00000225. The van der Waals surface area contributed by atoms with Gasteiger partial charge in [0, 0.05) is 18.6 Å². The van der Waals surface area contributed by atoms with Gasteiger partial charge in [-0.15, -0.1) is 24.2 Å². The van der Waals surface area contributed by atoms with Crippen LogP contribution in [0.2, 0.25) is 0 Å². The van der Waals surface area contributed by atoms with E-state index in [1.807, 2.05) is 11.2 Å². The number of methoxy groups -OCH3 is 1. The minimum Gasteiger partial charge on any atom is -0.495 e. The van der Waals surface area contributed by atoms with Crippen molar-refractivity contribution in [3.63, 3.8) is 0 Å². The van der Waals surface area contributed by atoms with Crippen molar-refractivity contribution in [1.82, 2.24) is 10.2 Å². The summed E-state index contributed by atoms with van der Waals surface area (Å²) >= 11 is 1.41. The molecule has 25 heavy (non-hydrogen) atoms. The van der Waals surface area contributed by atoms with Crippen LogP contribution in [0.4, 0.5) is 5.69 Å². The molecule has 2 bridgehead atoms. The van der Waals surface area contributed by atoms with Gasteiger partial charge in [-0.2, -0.15) is 0 Å². The molecule has 2 atom stereocenters. The van der Waals surface area contributed by atoms with Crippen molar-refractivity contribution in [2.24, 2.45) is 0 Å². The van der Waals surface area contributed by atoms with Crippen LogP contribution in [-0.2, 0) is 0 Å². The van der Waals surface area contributed by atoms with Gasteiger partial charge < -0.3 is 15.0 Å². The van der Waals surface area contributed by atoms with Gasteiger partial charge in [0.2, 0.25) is 0 Å². The summed E-state index contributed by atoms with van der Waals surface area (Å²) in [5.74, 6) is 0.183. The van der Waals surface area contributed by atoms with E-state index in [0.717, 1.165) is 37.2 Å². The van der Waals surface area contributed by atoms with E-state index in [1.54, 1.807) is 6.07 Å². The van der Waals surface area contributed by atoms with E-state index in [1.165, 1.54) is 24.9 Å². The monoisotopic (exact) mass is 387 g/mol. The van der Waals surface area contributed by atoms with E-state index in [-0.39, 0.29) is 41.6 Å². The van der Waals surface area contributed by atoms with Gasteiger partial charge in [0.15, 0.2) is 0 Å². The van der Waals surface area contributed by atoms with Gasteiger partial charge in [-0.3, -0.25) is 14.9 Å². The van der Waals surface area contributed by atoms with Gasteiger partial charge in [0.05, 0.1) is 23.0 Å². The van der Waals surface area contributed by atoms with Gasteiger partial charge in [-0.05, 0) is 38.1 Å². The van der Waals surface area contributed by atoms with Crippen LogP contribution in [0, 0.1) is 10.1 Å². The summed E-state index contributed by atoms with van der Waals surface area (Å²) in [4.78, 5) is 26.7. The summed E-state index contributed by atoms with van der Waals surface area (Å²) < 4.78 is 5.22. The van der Waals surface area contributed by atoms with Crippen LogP contribution in [0.3, 0.4) is 0 Å². The molecule has 9 heteroatoms. The lowest BCUT2D eigenvalue weighted by Gasteiger charge is -2.28. The first-order valence-corrected chi connectivity index (χ1v) is 9.23. The van der Waals surface area contributed by atoms with Gasteiger partial charge in [0.25, 0.3) is 11.6 Å². The zero-order valence-electron chi connectivity index (χ0n) is 14.2. The first-order valence-electron chi connectivity index (χ1n) is 8.00. The summed E-state index contributed by atoms with van der Waals surface area (Å²) in [6.45, 7) is 1.63. The highest BCUT2D eigenvalue weighted by molar-refractivity contribution is 7.98. The third-order valence-electron chi connectivity index (χ3n) is 4.82. The zero-order valence-corrected chi connectivity index (χ0v) is 15.8. The molecule has 7 nitrogen and oxygen atoms in total. The highest BCUT2D eigenvalue weighted by Gasteiger charge is 2.40. The number of fused-ring (bicyclic) bond motifs is 2. The summed E-state index contributed by atoms with van der Waals surface area (Å²) in [5.41, 5.74) is -0.0322. The number of nitrogens with one attached hydrogen (secondary N) is 1. The predicted molar refractivity (Wildman–Crippen MR) is 99.1 cm³/mol. The highest BCUT2D eigenvalue weighted by Crippen LogP contribution is 2.37. The SMILES string of the molecule is COc1cc([N+](=O)[O-])c(C(=O)N2C3CCNCC2CC3)cc1SC.Cl. The topological polar surface area (TPSA) is 84.7 Å². The quantitative estimate of drug-likeness (QED) is 0.485. The molecule has 1 aromatic rings. The lowest BCUT2D eigenvalue weighted by atomic mass is 10.1. The second-order valence-electron chi connectivity index (χ2n) is 6.07. The largest absolute Gasteiger partial charge is 0.495 e. The Kier molecular flexibility index (Phi) is 6.53. The number of halogens is 1. The van der Waals surface area contributed by atoms with E-state index >= 15 is 0 Å². The molecular formula is C16H22ClN3O4S. The van der Waals surface area contributed by atoms with Crippen molar-refractivity contribution < 1.29 is 14.5 Å². The standard InChI is InChI=1S/C16H21N3O4S.ClH/c1-23-14-8-13(19(21)22)12(7-15(14)24-2)16(20)18-10-3-4-11(18)9-17-6-5-10;/h7-8,10-11,17H,3-6,9H2,1-2H3;1H. The van der Waals surface area contributed by atoms with E-state index in [4.69, 9.17) is 4.74 Å². The first-order chi connectivity index (χ1) is 11.6. The van der Waals surface area contributed by atoms with Gasteiger partial charge in [0.1, 0.15) is 11.3 Å². The fraction of sp³-hybridized carbons (Fsp3) is 0.562. The van der Waals surface area contributed by atoms with E-state index in [9.17, 15) is 14.9 Å². The summed E-state index contributed by atoms with van der Waals surface area (Å²) in [5, 5.41) is 14.8. The fourth-order valence-corrected chi connectivity index (χ4v) is 4.22. The molecule has 0 radical (unpaired) electrons. The Bertz CT molecular complexity index is 659. The average molecular weight is 388 g/mol. The number of nitrogens with zero attached hydrogens (tertiary/aromatic N) is 2. The Morgan fingerprint density at radius 2 is 2.08 bits per heavy atom. The number of thioether (sulfide) groups is 1. The maximum absolute atomic E-state index is 13.2. The van der Waals surface area contributed by atoms with Crippen LogP contribution in [-0.4, -0.2) is 54.3 Å². The minimum atomic E-state index is -0.502. The highest BCUT2D eigenvalue weighted by atomic mass is 35.5. The molecule has 138 valence electrons. The molecule has 0 spiro atoms. The van der Waals surface area contributed by atoms with Gasteiger partial charge in [-0.25, -0.2) is 0 Å². The molecule has 2 aliphatic rings. The lowest BCUT2D eigenvalue weighted by Crippen LogP contribution is -2.42. The molecule has 2 saturated heterocycles. The maximum Gasteiger partial charge on any atom is 0.285 e. The molecular weight excluding hydrogens is 366 g/mol. The Labute approximate surface area is 157 Å². The number of hydrogen-bond donors (Lipinski definition) is 1. The van der Waals surface area contributed by atoms with Crippen molar-refractivity contribution >= 4 is 35.8 Å². The van der Waals surface area contributed by atoms with Crippen molar-refractivity contribution in [2.75, 3.05) is 26.5 Å². The first kappa shape index (κ1) is 19.8. The van der Waals surface area contributed by atoms with Crippen LogP contribution in [0.1, 0.15) is 29.6 Å². The summed E-state index contributed by atoms with van der Waals surface area (Å²) in [6, 6.07) is 3.24.